The zero-order valence-corrected chi connectivity index (χ0v) is 13.0. The second-order valence-electron chi connectivity index (χ2n) is 5.24. The number of hydrogen-bond acceptors (Lipinski definition) is 3. The van der Waals surface area contributed by atoms with Crippen molar-refractivity contribution in [2.75, 3.05) is 0 Å². The lowest BCUT2D eigenvalue weighted by molar-refractivity contribution is 0.130. The van der Waals surface area contributed by atoms with Gasteiger partial charge in [0.25, 0.3) is 0 Å². The van der Waals surface area contributed by atoms with Crippen molar-refractivity contribution >= 4 is 11.3 Å². The van der Waals surface area contributed by atoms with E-state index in [4.69, 9.17) is 0 Å². The second kappa shape index (κ2) is 6.64. The van der Waals surface area contributed by atoms with Crippen LogP contribution in [0.5, 0.6) is 0 Å². The molecule has 0 bridgehead atoms. The minimum absolute atomic E-state index is 0.0821. The third kappa shape index (κ3) is 3.87. The maximum absolute atomic E-state index is 13.2. The highest BCUT2D eigenvalue weighted by Gasteiger charge is 2.20. The van der Waals surface area contributed by atoms with Crippen molar-refractivity contribution in [2.24, 2.45) is 0 Å². The first-order chi connectivity index (χ1) is 9.88. The van der Waals surface area contributed by atoms with Gasteiger partial charge >= 0.3 is 0 Å². The molecule has 0 spiro atoms. The number of hydrogen-bond donors (Lipinski definition) is 2. The van der Waals surface area contributed by atoms with Gasteiger partial charge in [0.05, 0.1) is 6.10 Å². The highest BCUT2D eigenvalue weighted by Crippen LogP contribution is 2.25. The quantitative estimate of drug-likeness (QED) is 0.871. The Kier molecular flexibility index (Phi) is 5.08. The molecular formula is C16H19F2NOS. The molecule has 2 N–H and O–H groups in total. The summed E-state index contributed by atoms with van der Waals surface area (Å²) in [5, 5.41) is 13.5. The summed E-state index contributed by atoms with van der Waals surface area (Å²) in [6.07, 6.45) is -0.899. The lowest BCUT2D eigenvalue weighted by atomic mass is 10.0. The number of aryl methyl sites for hydroxylation is 1. The number of benzene rings is 1. The van der Waals surface area contributed by atoms with Crippen LogP contribution in [-0.2, 0) is 0 Å². The van der Waals surface area contributed by atoms with Gasteiger partial charge in [-0.15, -0.1) is 11.3 Å². The van der Waals surface area contributed by atoms with Gasteiger partial charge in [0.1, 0.15) is 0 Å². The van der Waals surface area contributed by atoms with Gasteiger partial charge in [0, 0.05) is 21.8 Å². The molecule has 0 saturated heterocycles. The molecule has 2 aromatic rings. The SMILES string of the molecule is Cc1ccc(C(C)NC(C)C(O)c2ccc(F)c(F)c2)s1. The Morgan fingerprint density at radius 2 is 1.81 bits per heavy atom. The Morgan fingerprint density at radius 1 is 1.10 bits per heavy atom. The van der Waals surface area contributed by atoms with E-state index in [9.17, 15) is 13.9 Å². The largest absolute Gasteiger partial charge is 0.387 e. The minimum Gasteiger partial charge on any atom is -0.387 e. The van der Waals surface area contributed by atoms with Crippen LogP contribution in [0.2, 0.25) is 0 Å². The van der Waals surface area contributed by atoms with Crippen molar-refractivity contribution in [3.63, 3.8) is 0 Å². The molecule has 0 aliphatic carbocycles. The molecule has 3 unspecified atom stereocenters. The normalized spacial score (nSPS) is 15.7. The monoisotopic (exact) mass is 311 g/mol. The van der Waals surface area contributed by atoms with E-state index in [2.05, 4.69) is 11.4 Å². The summed E-state index contributed by atoms with van der Waals surface area (Å²) in [5.41, 5.74) is 0.364. The summed E-state index contributed by atoms with van der Waals surface area (Å²) in [7, 11) is 0. The number of aliphatic hydroxyl groups excluding tert-OH is 1. The topological polar surface area (TPSA) is 32.3 Å². The molecule has 2 nitrogen and oxygen atoms in total. The zero-order chi connectivity index (χ0) is 15.6. The van der Waals surface area contributed by atoms with E-state index < -0.39 is 17.7 Å². The van der Waals surface area contributed by atoms with Crippen LogP contribution in [0.25, 0.3) is 0 Å². The van der Waals surface area contributed by atoms with E-state index in [0.717, 1.165) is 12.1 Å². The molecule has 0 saturated carbocycles. The maximum Gasteiger partial charge on any atom is 0.159 e. The second-order valence-corrected chi connectivity index (χ2v) is 6.56. The molecule has 1 heterocycles. The van der Waals surface area contributed by atoms with Crippen LogP contribution in [-0.4, -0.2) is 11.1 Å². The van der Waals surface area contributed by atoms with E-state index in [-0.39, 0.29) is 12.1 Å². The molecule has 5 heteroatoms. The molecule has 0 aliphatic heterocycles. The van der Waals surface area contributed by atoms with Crippen molar-refractivity contribution in [2.45, 2.75) is 39.0 Å². The standard InChI is InChI=1S/C16H19F2NOS/c1-9-4-7-15(21-9)10(2)19-11(3)16(20)12-5-6-13(17)14(18)8-12/h4-8,10-11,16,19-20H,1-3H3. The molecule has 0 fully saturated rings. The average Bonchev–Trinajstić information content (AvgIpc) is 2.87. The molecule has 0 amide bonds. The van der Waals surface area contributed by atoms with Crippen LogP contribution in [0.15, 0.2) is 30.3 Å². The lowest BCUT2D eigenvalue weighted by Gasteiger charge is -2.24. The summed E-state index contributed by atoms with van der Waals surface area (Å²) < 4.78 is 26.2. The van der Waals surface area contributed by atoms with Crippen LogP contribution >= 0.6 is 11.3 Å². The first-order valence-electron chi connectivity index (χ1n) is 6.84. The highest BCUT2D eigenvalue weighted by atomic mass is 32.1. The van der Waals surface area contributed by atoms with Gasteiger partial charge in [-0.25, -0.2) is 8.78 Å². The first kappa shape index (κ1) is 16.1. The predicted octanol–water partition coefficient (Wildman–Crippen LogP) is 4.11. The van der Waals surface area contributed by atoms with Crippen LogP contribution in [0.1, 0.15) is 41.3 Å². The molecule has 1 aromatic carbocycles. The van der Waals surface area contributed by atoms with Crippen LogP contribution in [0.3, 0.4) is 0 Å². The highest BCUT2D eigenvalue weighted by molar-refractivity contribution is 7.12. The molecule has 0 aliphatic rings. The predicted molar refractivity (Wildman–Crippen MR) is 81.4 cm³/mol. The number of aliphatic hydroxyl groups is 1. The van der Waals surface area contributed by atoms with Gasteiger partial charge in [-0.2, -0.15) is 0 Å². The summed E-state index contributed by atoms with van der Waals surface area (Å²) in [6.45, 7) is 5.88. The fourth-order valence-electron chi connectivity index (χ4n) is 2.24. The minimum atomic E-state index is -0.944. The van der Waals surface area contributed by atoms with E-state index in [1.807, 2.05) is 26.8 Å². The van der Waals surface area contributed by atoms with Crippen molar-refractivity contribution in [1.29, 1.82) is 0 Å². The van der Waals surface area contributed by atoms with Crippen molar-refractivity contribution in [1.82, 2.24) is 5.32 Å². The average molecular weight is 311 g/mol. The Hall–Kier alpha value is -1.30. The Morgan fingerprint density at radius 3 is 2.38 bits per heavy atom. The van der Waals surface area contributed by atoms with E-state index in [0.29, 0.717) is 5.56 Å². The van der Waals surface area contributed by atoms with Crippen LogP contribution in [0.4, 0.5) is 8.78 Å². The number of nitrogens with one attached hydrogen (secondary N) is 1. The van der Waals surface area contributed by atoms with Crippen molar-refractivity contribution in [3.05, 3.63) is 57.3 Å². The van der Waals surface area contributed by atoms with Crippen LogP contribution in [0, 0.1) is 18.6 Å². The van der Waals surface area contributed by atoms with Crippen molar-refractivity contribution < 1.29 is 13.9 Å². The summed E-state index contributed by atoms with van der Waals surface area (Å²) >= 11 is 1.70. The maximum atomic E-state index is 13.2. The molecule has 3 atom stereocenters. The zero-order valence-electron chi connectivity index (χ0n) is 12.2. The van der Waals surface area contributed by atoms with E-state index >= 15 is 0 Å². The summed E-state index contributed by atoms with van der Waals surface area (Å²) in [6, 6.07) is 7.38. The van der Waals surface area contributed by atoms with Gasteiger partial charge in [0.15, 0.2) is 11.6 Å². The Labute approximate surface area is 127 Å². The van der Waals surface area contributed by atoms with Gasteiger partial charge in [0.2, 0.25) is 0 Å². The van der Waals surface area contributed by atoms with Crippen molar-refractivity contribution in [3.8, 4) is 0 Å². The van der Waals surface area contributed by atoms with E-state index in [1.165, 1.54) is 15.8 Å². The van der Waals surface area contributed by atoms with Gasteiger partial charge < -0.3 is 10.4 Å². The molecule has 0 radical (unpaired) electrons. The number of halogens is 2. The van der Waals surface area contributed by atoms with E-state index in [1.54, 1.807) is 11.3 Å². The van der Waals surface area contributed by atoms with Gasteiger partial charge in [-0.1, -0.05) is 6.07 Å². The number of rotatable bonds is 5. The third-order valence-electron chi connectivity index (χ3n) is 3.46. The summed E-state index contributed by atoms with van der Waals surface area (Å²) in [5.74, 6) is -1.85. The summed E-state index contributed by atoms with van der Waals surface area (Å²) in [4.78, 5) is 2.41. The molecule has 1 aromatic heterocycles. The lowest BCUT2D eigenvalue weighted by Crippen LogP contribution is -2.34. The first-order valence-corrected chi connectivity index (χ1v) is 7.65. The molecule has 21 heavy (non-hydrogen) atoms. The fraction of sp³-hybridized carbons (Fsp3) is 0.375. The molecular weight excluding hydrogens is 292 g/mol. The Bertz CT molecular complexity index is 614. The fourth-order valence-corrected chi connectivity index (χ4v) is 3.13. The third-order valence-corrected chi connectivity index (χ3v) is 4.64. The molecule has 114 valence electrons. The smallest absolute Gasteiger partial charge is 0.159 e. The number of thiophene rings is 1. The Balaban J connectivity index is 2.05. The van der Waals surface area contributed by atoms with Gasteiger partial charge in [-0.3, -0.25) is 0 Å². The van der Waals surface area contributed by atoms with Crippen LogP contribution < -0.4 is 5.32 Å². The van der Waals surface area contributed by atoms with Gasteiger partial charge in [-0.05, 0) is 50.6 Å². The molecule has 2 rings (SSSR count).